The van der Waals surface area contributed by atoms with Gasteiger partial charge in [-0.3, -0.25) is 0 Å². The van der Waals surface area contributed by atoms with E-state index < -0.39 is 65.3 Å². The number of hydrogen-bond acceptors (Lipinski definition) is 12. The van der Waals surface area contributed by atoms with E-state index in [2.05, 4.69) is 5.32 Å². The Balaban J connectivity index is 1.38. The van der Waals surface area contributed by atoms with E-state index in [0.717, 1.165) is 14.8 Å². The predicted molar refractivity (Wildman–Crippen MR) is 171 cm³/mol. The number of aliphatic hydroxyl groups excluding tert-OH is 2. The van der Waals surface area contributed by atoms with Crippen molar-refractivity contribution in [2.75, 3.05) is 52.8 Å². The summed E-state index contributed by atoms with van der Waals surface area (Å²) in [4.78, 5) is 25.6. The number of ether oxygens (including phenoxy) is 5. The average molecular weight is 707 g/mol. The summed E-state index contributed by atoms with van der Waals surface area (Å²) in [7, 11) is -4.30. The fourth-order valence-electron chi connectivity index (χ4n) is 6.20. The average Bonchev–Trinajstić information content (AvgIpc) is 3.81. The van der Waals surface area contributed by atoms with Gasteiger partial charge in [-0.15, -0.1) is 0 Å². The van der Waals surface area contributed by atoms with Crippen LogP contribution in [0.4, 0.5) is 9.59 Å². The molecule has 5 rings (SSSR count). The normalized spacial score (nSPS) is 21.3. The summed E-state index contributed by atoms with van der Waals surface area (Å²) in [5.41, 5.74) is -0.0345. The van der Waals surface area contributed by atoms with Gasteiger partial charge in [-0.2, -0.15) is 4.31 Å². The maximum Gasteiger partial charge on any atom is 0.407 e. The maximum absolute atomic E-state index is 14.3. The van der Waals surface area contributed by atoms with E-state index >= 15 is 0 Å². The van der Waals surface area contributed by atoms with Crippen LogP contribution < -0.4 is 19.9 Å². The van der Waals surface area contributed by atoms with Crippen molar-refractivity contribution in [3.63, 3.8) is 0 Å². The minimum atomic E-state index is -4.30. The Kier molecular flexibility index (Phi) is 11.9. The number of carboxylic acid groups (broad SMARTS) is 1. The van der Waals surface area contributed by atoms with Crippen LogP contribution in [-0.4, -0.2) is 117 Å². The minimum absolute atomic E-state index is 0.0157. The van der Waals surface area contributed by atoms with Crippen molar-refractivity contribution in [3.05, 3.63) is 54.1 Å². The molecule has 2 fully saturated rings. The number of nitrogens with one attached hydrogen (secondary N) is 1. The number of rotatable bonds is 16. The quantitative estimate of drug-likeness (QED) is 0.224. The second kappa shape index (κ2) is 15.9. The summed E-state index contributed by atoms with van der Waals surface area (Å²) in [5, 5.41) is 35.4. The minimum Gasteiger partial charge on any atom is -0.530 e. The molecule has 0 unspecified atom stereocenters. The van der Waals surface area contributed by atoms with E-state index in [1.807, 2.05) is 30.3 Å². The lowest BCUT2D eigenvalue weighted by Crippen LogP contribution is -2.52. The molecule has 5 atom stereocenters. The van der Waals surface area contributed by atoms with Crippen LogP contribution in [0.15, 0.2) is 53.4 Å². The van der Waals surface area contributed by atoms with E-state index in [1.54, 1.807) is 13.8 Å². The van der Waals surface area contributed by atoms with Crippen LogP contribution in [0, 0.1) is 11.3 Å². The molecular weight excluding hydrogens is 662 g/mol. The van der Waals surface area contributed by atoms with Crippen molar-refractivity contribution in [2.24, 2.45) is 11.3 Å². The number of carbonyl (C=O) groups excluding carboxylic acids is 2. The van der Waals surface area contributed by atoms with Gasteiger partial charge >= 0.3 is 6.09 Å². The van der Waals surface area contributed by atoms with Crippen molar-refractivity contribution in [3.8, 4) is 11.5 Å². The fraction of sp³-hybridized carbons (Fsp3) is 0.576. The maximum atomic E-state index is 14.3. The molecule has 0 saturated carbocycles. The molecule has 3 aliphatic rings. The third kappa shape index (κ3) is 9.32. The molecule has 0 aliphatic carbocycles. The van der Waals surface area contributed by atoms with Gasteiger partial charge in [0.25, 0.3) is 0 Å². The first kappa shape index (κ1) is 36.6. The van der Waals surface area contributed by atoms with Crippen molar-refractivity contribution >= 4 is 22.2 Å². The number of fused-ring (bicyclic) bond motifs is 2. The fourth-order valence-corrected chi connectivity index (χ4v) is 7.86. The topological polar surface area (TPSA) is 196 Å². The summed E-state index contributed by atoms with van der Waals surface area (Å²) in [5.74, 6) is 0.551. The van der Waals surface area contributed by atoms with Gasteiger partial charge in [-0.25, -0.2) is 13.2 Å². The van der Waals surface area contributed by atoms with Gasteiger partial charge in [-0.1, -0.05) is 44.2 Å². The smallest absolute Gasteiger partial charge is 0.407 e. The number of carbonyl (C=O) groups is 2. The molecule has 0 spiro atoms. The molecular formula is C33H44N3O12S-. The molecule has 3 aliphatic heterocycles. The zero-order valence-electron chi connectivity index (χ0n) is 27.6. The van der Waals surface area contributed by atoms with E-state index in [1.165, 1.54) is 18.2 Å². The highest BCUT2D eigenvalue weighted by atomic mass is 32.2. The number of sulfonamides is 1. The summed E-state index contributed by atoms with van der Waals surface area (Å²) in [6, 6.07) is 12.4. The molecule has 3 N–H and O–H groups in total. The van der Waals surface area contributed by atoms with Crippen LogP contribution in [0.2, 0.25) is 0 Å². The number of alkyl carbamates (subject to hydrolysis) is 1. The molecule has 2 aromatic carbocycles. The molecule has 270 valence electrons. The van der Waals surface area contributed by atoms with Crippen molar-refractivity contribution < 1.29 is 57.0 Å². The van der Waals surface area contributed by atoms with Gasteiger partial charge in [0.05, 0.1) is 42.8 Å². The highest BCUT2D eigenvalue weighted by molar-refractivity contribution is 7.89. The van der Waals surface area contributed by atoms with E-state index in [-0.39, 0.29) is 62.4 Å². The molecule has 3 heterocycles. The lowest BCUT2D eigenvalue weighted by atomic mass is 9.89. The van der Waals surface area contributed by atoms with Crippen molar-refractivity contribution in [1.29, 1.82) is 0 Å². The second-order valence-corrected chi connectivity index (χ2v) is 15.1. The zero-order valence-corrected chi connectivity index (χ0v) is 28.4. The Bertz CT molecular complexity index is 1540. The van der Waals surface area contributed by atoms with Crippen LogP contribution in [0.1, 0.15) is 32.3 Å². The Labute approximate surface area is 285 Å². The van der Waals surface area contributed by atoms with Gasteiger partial charge < -0.3 is 54.0 Å². The van der Waals surface area contributed by atoms with Crippen LogP contribution in [0.5, 0.6) is 11.5 Å². The summed E-state index contributed by atoms with van der Waals surface area (Å²) in [6.45, 7) is 3.05. The lowest BCUT2D eigenvalue weighted by molar-refractivity contribution is -0.266. The molecule has 0 radical (unpaired) electrons. The highest BCUT2D eigenvalue weighted by Gasteiger charge is 2.44. The standard InChI is InChI=1S/C33H45N3O12S/c1-33(2,11-12-35(13-14-37)32(40)41)20-36(49(42,43)23-8-9-27-28(17-23)47-21-46-27)18-26(38)25(16-22-6-4-3-5-7-22)34-31(39)48-29-19-45-30-24(29)10-15-44-30/h3-9,17,24-26,29-30,37-38H,10-16,18-21H2,1-2H3,(H,34,39)(H,40,41)/p-1/t24-,25-,26+,29-,30+/m0/s1. The molecule has 0 aromatic heterocycles. The van der Waals surface area contributed by atoms with Gasteiger partial charge in [0, 0.05) is 32.2 Å². The Morgan fingerprint density at radius 1 is 1.10 bits per heavy atom. The lowest BCUT2D eigenvalue weighted by Gasteiger charge is -2.36. The first-order chi connectivity index (χ1) is 23.4. The van der Waals surface area contributed by atoms with E-state index in [0.29, 0.717) is 18.8 Å². The van der Waals surface area contributed by atoms with Crippen LogP contribution in [0.3, 0.4) is 0 Å². The molecule has 0 bridgehead atoms. The summed E-state index contributed by atoms with van der Waals surface area (Å²) < 4.78 is 57.2. The van der Waals surface area contributed by atoms with Gasteiger partial charge in [0.15, 0.2) is 17.8 Å². The largest absolute Gasteiger partial charge is 0.530 e. The molecule has 15 nitrogen and oxygen atoms in total. The summed E-state index contributed by atoms with van der Waals surface area (Å²) in [6.07, 6.45) is -3.55. The Morgan fingerprint density at radius 3 is 2.59 bits per heavy atom. The van der Waals surface area contributed by atoms with E-state index in [4.69, 9.17) is 23.7 Å². The molecule has 2 amide bonds. The molecule has 2 aromatic rings. The molecule has 16 heteroatoms. The number of nitrogens with zero attached hydrogens (tertiary/aromatic N) is 2. The van der Waals surface area contributed by atoms with Crippen molar-refractivity contribution in [1.82, 2.24) is 14.5 Å². The molecule has 2 saturated heterocycles. The number of amides is 2. The second-order valence-electron chi connectivity index (χ2n) is 13.2. The number of benzene rings is 2. The van der Waals surface area contributed by atoms with Crippen molar-refractivity contribution in [2.45, 2.75) is 62.5 Å². The zero-order chi connectivity index (χ0) is 35.2. The highest BCUT2D eigenvalue weighted by Crippen LogP contribution is 2.36. The number of aliphatic hydroxyl groups is 2. The third-order valence-corrected chi connectivity index (χ3v) is 10.8. The van der Waals surface area contributed by atoms with Gasteiger partial charge in [0.1, 0.15) is 12.2 Å². The summed E-state index contributed by atoms with van der Waals surface area (Å²) >= 11 is 0. The van der Waals surface area contributed by atoms with Crippen LogP contribution in [0.25, 0.3) is 0 Å². The van der Waals surface area contributed by atoms with Gasteiger partial charge in [-0.05, 0) is 42.4 Å². The monoisotopic (exact) mass is 706 g/mol. The van der Waals surface area contributed by atoms with Gasteiger partial charge in [0.2, 0.25) is 16.8 Å². The third-order valence-electron chi connectivity index (χ3n) is 8.97. The van der Waals surface area contributed by atoms with Crippen LogP contribution >= 0.6 is 0 Å². The predicted octanol–water partition coefficient (Wildman–Crippen LogP) is 0.920. The van der Waals surface area contributed by atoms with E-state index in [9.17, 15) is 33.3 Å². The molecule has 49 heavy (non-hydrogen) atoms. The number of hydrogen-bond donors (Lipinski definition) is 3. The SMILES string of the molecule is CC(C)(CCN(CCO)C(=O)[O-])CN(C[C@@H](O)[C@H](Cc1ccccc1)NC(=O)O[C@H]1CO[C@H]2OCC[C@H]21)S(=O)(=O)c1ccc2c(c1)OCO2. The first-order valence-corrected chi connectivity index (χ1v) is 17.7. The Morgan fingerprint density at radius 2 is 1.86 bits per heavy atom. The first-order valence-electron chi connectivity index (χ1n) is 16.3. The Hall–Kier alpha value is -3.67. The van der Waals surface area contributed by atoms with Crippen LogP contribution in [-0.2, 0) is 30.7 Å².